The fraction of sp³-hybridized carbons (Fsp3) is 0.263. The van der Waals surface area contributed by atoms with Gasteiger partial charge >= 0.3 is 12.1 Å². The van der Waals surface area contributed by atoms with Gasteiger partial charge in [0.1, 0.15) is 12.1 Å². The van der Waals surface area contributed by atoms with Gasteiger partial charge in [-0.25, -0.2) is 9.59 Å². The Bertz CT molecular complexity index is 683. The van der Waals surface area contributed by atoms with Gasteiger partial charge in [0.2, 0.25) is 0 Å². The highest BCUT2D eigenvalue weighted by Gasteiger charge is 2.39. The Kier molecular flexibility index (Phi) is 5.58. The predicted octanol–water partition coefficient (Wildman–Crippen LogP) is 3.69. The zero-order valence-corrected chi connectivity index (χ0v) is 13.8. The van der Waals surface area contributed by atoms with Crippen molar-refractivity contribution < 1.29 is 19.4 Å². The summed E-state index contributed by atoms with van der Waals surface area (Å²) in [4.78, 5) is 25.3. The van der Waals surface area contributed by atoms with E-state index in [4.69, 9.17) is 4.74 Å². The summed E-state index contributed by atoms with van der Waals surface area (Å²) in [5.41, 5.74) is 0.297. The highest BCUT2D eigenvalue weighted by molar-refractivity contribution is 5.83. The van der Waals surface area contributed by atoms with Gasteiger partial charge in [0.05, 0.1) is 6.54 Å². The lowest BCUT2D eigenvalue weighted by Gasteiger charge is -2.34. The number of amides is 1. The maximum atomic E-state index is 12.5. The second-order valence-electron chi connectivity index (χ2n) is 5.98. The van der Waals surface area contributed by atoms with Crippen LogP contribution in [0.2, 0.25) is 0 Å². The zero-order chi connectivity index (χ0) is 17.6. The normalized spacial score (nSPS) is 10.9. The van der Waals surface area contributed by atoms with Crippen LogP contribution in [0.4, 0.5) is 4.79 Å². The molecule has 0 aliphatic carbocycles. The summed E-state index contributed by atoms with van der Waals surface area (Å²) >= 11 is 0. The molecule has 0 aliphatic rings. The van der Waals surface area contributed by atoms with Crippen molar-refractivity contribution >= 4 is 12.1 Å². The van der Waals surface area contributed by atoms with E-state index in [1.54, 1.807) is 0 Å². The molecule has 0 unspecified atom stereocenters. The van der Waals surface area contributed by atoms with E-state index in [0.717, 1.165) is 11.1 Å². The summed E-state index contributed by atoms with van der Waals surface area (Å²) in [6.07, 6.45) is -0.657. The number of hydrogen-bond donors (Lipinski definition) is 1. The van der Waals surface area contributed by atoms with Crippen molar-refractivity contribution in [2.45, 2.75) is 32.5 Å². The molecule has 0 aliphatic heterocycles. The van der Waals surface area contributed by atoms with Gasteiger partial charge in [-0.2, -0.15) is 0 Å². The van der Waals surface area contributed by atoms with E-state index in [9.17, 15) is 14.7 Å². The molecule has 0 heterocycles. The topological polar surface area (TPSA) is 66.8 Å². The summed E-state index contributed by atoms with van der Waals surface area (Å²) in [7, 11) is 0. The van der Waals surface area contributed by atoms with E-state index in [0.29, 0.717) is 0 Å². The maximum Gasteiger partial charge on any atom is 0.411 e. The van der Waals surface area contributed by atoms with Crippen LogP contribution in [-0.4, -0.2) is 27.6 Å². The fourth-order valence-electron chi connectivity index (χ4n) is 2.17. The quantitative estimate of drug-likeness (QED) is 0.878. The molecule has 0 radical (unpaired) electrons. The average Bonchev–Trinajstić information content (AvgIpc) is 2.59. The molecule has 0 saturated heterocycles. The Hall–Kier alpha value is -2.82. The molecule has 0 fully saturated rings. The first-order chi connectivity index (χ1) is 11.4. The minimum Gasteiger partial charge on any atom is -0.480 e. The number of carboxylic acids is 1. The number of nitrogens with zero attached hydrogens (tertiary/aromatic N) is 1. The molecule has 126 valence electrons. The van der Waals surface area contributed by atoms with Crippen molar-refractivity contribution in [3.05, 3.63) is 71.8 Å². The van der Waals surface area contributed by atoms with Gasteiger partial charge in [-0.1, -0.05) is 60.7 Å². The van der Waals surface area contributed by atoms with Gasteiger partial charge in [0, 0.05) is 0 Å². The van der Waals surface area contributed by atoms with E-state index >= 15 is 0 Å². The van der Waals surface area contributed by atoms with Gasteiger partial charge in [0.15, 0.2) is 0 Å². The van der Waals surface area contributed by atoms with Gasteiger partial charge in [0.25, 0.3) is 0 Å². The number of ether oxygens (including phenoxy) is 1. The molecule has 24 heavy (non-hydrogen) atoms. The lowest BCUT2D eigenvalue weighted by atomic mass is 10.0. The first kappa shape index (κ1) is 17.5. The molecule has 0 bridgehead atoms. The molecular formula is C19H21NO4. The van der Waals surface area contributed by atoms with Gasteiger partial charge in [-0.15, -0.1) is 0 Å². The van der Waals surface area contributed by atoms with Crippen molar-refractivity contribution in [3.63, 3.8) is 0 Å². The molecule has 0 spiro atoms. The van der Waals surface area contributed by atoms with Crippen LogP contribution in [0.1, 0.15) is 25.0 Å². The maximum absolute atomic E-state index is 12.5. The predicted molar refractivity (Wildman–Crippen MR) is 90.3 cm³/mol. The van der Waals surface area contributed by atoms with Crippen LogP contribution in [0, 0.1) is 0 Å². The average molecular weight is 327 g/mol. The first-order valence-electron chi connectivity index (χ1n) is 7.67. The zero-order valence-electron chi connectivity index (χ0n) is 13.8. The molecule has 1 N–H and O–H groups in total. The Labute approximate surface area is 141 Å². The van der Waals surface area contributed by atoms with Crippen LogP contribution in [-0.2, 0) is 22.7 Å². The monoisotopic (exact) mass is 327 g/mol. The molecule has 0 atom stereocenters. The molecule has 5 heteroatoms. The van der Waals surface area contributed by atoms with Crippen LogP contribution in [0.25, 0.3) is 0 Å². The van der Waals surface area contributed by atoms with Crippen LogP contribution in [0.5, 0.6) is 0 Å². The van der Waals surface area contributed by atoms with Crippen molar-refractivity contribution in [2.75, 3.05) is 0 Å². The third kappa shape index (κ3) is 4.35. The minimum atomic E-state index is -1.39. The lowest BCUT2D eigenvalue weighted by molar-refractivity contribution is -0.148. The largest absolute Gasteiger partial charge is 0.480 e. The minimum absolute atomic E-state index is 0.0979. The van der Waals surface area contributed by atoms with E-state index in [1.807, 2.05) is 60.7 Å². The summed E-state index contributed by atoms with van der Waals surface area (Å²) in [6, 6.07) is 18.5. The van der Waals surface area contributed by atoms with E-state index in [-0.39, 0.29) is 13.2 Å². The fourth-order valence-corrected chi connectivity index (χ4v) is 2.17. The number of hydrogen-bond acceptors (Lipinski definition) is 3. The summed E-state index contributed by atoms with van der Waals surface area (Å²) < 4.78 is 5.32. The highest BCUT2D eigenvalue weighted by Crippen LogP contribution is 2.20. The second-order valence-corrected chi connectivity index (χ2v) is 5.98. The number of carbonyl (C=O) groups is 2. The first-order valence-corrected chi connectivity index (χ1v) is 7.67. The Balaban J connectivity index is 2.15. The standard InChI is InChI=1S/C19H21NO4/c1-19(2,17(21)22)20(13-15-9-5-3-6-10-15)18(23)24-14-16-11-7-4-8-12-16/h3-12H,13-14H2,1-2H3,(H,21,22). The summed E-state index contributed by atoms with van der Waals surface area (Å²) in [5, 5.41) is 9.47. The molecule has 2 aromatic carbocycles. The number of aliphatic carboxylic acids is 1. The Morgan fingerprint density at radius 3 is 1.96 bits per heavy atom. The van der Waals surface area contributed by atoms with Crippen LogP contribution < -0.4 is 0 Å². The van der Waals surface area contributed by atoms with Gasteiger partial charge in [-0.05, 0) is 25.0 Å². The molecular weight excluding hydrogens is 306 g/mol. The van der Waals surface area contributed by atoms with Gasteiger partial charge in [-0.3, -0.25) is 4.90 Å². The van der Waals surface area contributed by atoms with Gasteiger partial charge < -0.3 is 9.84 Å². The summed E-state index contributed by atoms with van der Waals surface area (Å²) in [6.45, 7) is 3.23. The Morgan fingerprint density at radius 2 is 1.46 bits per heavy atom. The lowest BCUT2D eigenvalue weighted by Crippen LogP contribution is -2.52. The molecule has 5 nitrogen and oxygen atoms in total. The number of carbonyl (C=O) groups excluding carboxylic acids is 1. The summed E-state index contributed by atoms with van der Waals surface area (Å²) in [5.74, 6) is -1.09. The van der Waals surface area contributed by atoms with Crippen LogP contribution >= 0.6 is 0 Å². The van der Waals surface area contributed by atoms with E-state index < -0.39 is 17.6 Å². The number of carboxylic acid groups (broad SMARTS) is 1. The third-order valence-corrected chi connectivity index (χ3v) is 3.81. The second kappa shape index (κ2) is 7.64. The Morgan fingerprint density at radius 1 is 0.958 bits per heavy atom. The van der Waals surface area contributed by atoms with Crippen molar-refractivity contribution in [2.24, 2.45) is 0 Å². The van der Waals surface area contributed by atoms with Crippen LogP contribution in [0.3, 0.4) is 0 Å². The molecule has 2 rings (SSSR count). The molecule has 1 amide bonds. The van der Waals surface area contributed by atoms with E-state index in [2.05, 4.69) is 0 Å². The number of benzene rings is 2. The van der Waals surface area contributed by atoms with Crippen molar-refractivity contribution in [1.82, 2.24) is 4.90 Å². The highest BCUT2D eigenvalue weighted by atomic mass is 16.6. The molecule has 2 aromatic rings. The third-order valence-electron chi connectivity index (χ3n) is 3.81. The van der Waals surface area contributed by atoms with Crippen molar-refractivity contribution in [1.29, 1.82) is 0 Å². The smallest absolute Gasteiger partial charge is 0.411 e. The number of rotatable bonds is 6. The van der Waals surface area contributed by atoms with Crippen molar-refractivity contribution in [3.8, 4) is 0 Å². The van der Waals surface area contributed by atoms with Crippen LogP contribution in [0.15, 0.2) is 60.7 Å². The van der Waals surface area contributed by atoms with E-state index in [1.165, 1.54) is 18.7 Å². The molecule has 0 saturated carbocycles. The molecule has 0 aromatic heterocycles. The SMILES string of the molecule is CC(C)(C(=O)O)N(Cc1ccccc1)C(=O)OCc1ccccc1.